The van der Waals surface area contributed by atoms with Crippen molar-refractivity contribution in [2.45, 2.75) is 31.4 Å². The van der Waals surface area contributed by atoms with Crippen LogP contribution < -0.4 is 5.32 Å². The van der Waals surface area contributed by atoms with Gasteiger partial charge < -0.3 is 5.32 Å². The quantitative estimate of drug-likeness (QED) is 0.871. The van der Waals surface area contributed by atoms with Crippen LogP contribution in [0.4, 0.5) is 5.82 Å². The second-order valence-corrected chi connectivity index (χ2v) is 7.16. The number of aromatic nitrogens is 2. The molecular weight excluding hydrogens is 238 g/mol. The Kier molecular flexibility index (Phi) is 2.85. The Bertz CT molecular complexity index is 515. The number of rotatable bonds is 4. The van der Waals surface area contributed by atoms with Crippen LogP contribution >= 0.6 is 0 Å². The molecule has 0 unspecified atom stereocenters. The minimum Gasteiger partial charge on any atom is -0.368 e. The summed E-state index contributed by atoms with van der Waals surface area (Å²) in [7, 11) is -2.99. The van der Waals surface area contributed by atoms with Crippen LogP contribution in [-0.4, -0.2) is 35.9 Å². The lowest BCUT2D eigenvalue weighted by Gasteiger charge is -2.14. The van der Waals surface area contributed by atoms with E-state index in [0.717, 1.165) is 18.5 Å². The van der Waals surface area contributed by atoms with Gasteiger partial charge in [0.15, 0.2) is 9.84 Å². The van der Waals surface area contributed by atoms with Gasteiger partial charge in [-0.3, -0.25) is 0 Å². The lowest BCUT2D eigenvalue weighted by molar-refractivity contribution is 0.585. The van der Waals surface area contributed by atoms with E-state index in [-0.39, 0.29) is 0 Å². The van der Waals surface area contributed by atoms with Gasteiger partial charge in [0.1, 0.15) is 11.6 Å². The van der Waals surface area contributed by atoms with Crippen molar-refractivity contribution in [1.82, 2.24) is 9.97 Å². The molecule has 1 fully saturated rings. The molecule has 17 heavy (non-hydrogen) atoms. The molecule has 0 atom stereocenters. The maximum absolute atomic E-state index is 11.6. The highest BCUT2D eigenvalue weighted by Gasteiger charge is 2.51. The van der Waals surface area contributed by atoms with Crippen molar-refractivity contribution in [2.24, 2.45) is 0 Å². The second-order valence-electron chi connectivity index (χ2n) is 4.75. The largest absolute Gasteiger partial charge is 0.368 e. The van der Waals surface area contributed by atoms with Gasteiger partial charge in [-0.05, 0) is 26.7 Å². The molecule has 94 valence electrons. The number of sulfone groups is 1. The molecule has 0 saturated heterocycles. The first-order valence-electron chi connectivity index (χ1n) is 5.58. The summed E-state index contributed by atoms with van der Waals surface area (Å²) in [6.07, 6.45) is 2.78. The first-order chi connectivity index (χ1) is 7.82. The molecule has 1 aliphatic carbocycles. The van der Waals surface area contributed by atoms with E-state index in [9.17, 15) is 8.42 Å². The Balaban J connectivity index is 2.09. The molecule has 1 N–H and O–H groups in total. The van der Waals surface area contributed by atoms with E-state index in [1.54, 1.807) is 0 Å². The molecule has 0 bridgehead atoms. The number of nitrogens with zero attached hydrogens (tertiary/aromatic N) is 2. The van der Waals surface area contributed by atoms with E-state index in [1.807, 2.05) is 19.9 Å². The highest BCUT2D eigenvalue weighted by atomic mass is 32.2. The molecule has 6 heteroatoms. The second kappa shape index (κ2) is 3.94. The summed E-state index contributed by atoms with van der Waals surface area (Å²) in [5, 5.41) is 3.11. The van der Waals surface area contributed by atoms with E-state index >= 15 is 0 Å². The van der Waals surface area contributed by atoms with E-state index in [2.05, 4.69) is 15.3 Å². The van der Waals surface area contributed by atoms with Crippen LogP contribution in [0.25, 0.3) is 0 Å². The van der Waals surface area contributed by atoms with Crippen LogP contribution in [0.1, 0.15) is 24.4 Å². The predicted octanol–water partition coefficient (Wildman–Crippen LogP) is 1.08. The molecule has 0 aromatic carbocycles. The van der Waals surface area contributed by atoms with Crippen LogP contribution in [0.3, 0.4) is 0 Å². The minimum atomic E-state index is -2.99. The summed E-state index contributed by atoms with van der Waals surface area (Å²) in [6, 6.07) is 1.82. The van der Waals surface area contributed by atoms with E-state index < -0.39 is 14.6 Å². The maximum atomic E-state index is 11.6. The summed E-state index contributed by atoms with van der Waals surface area (Å²) in [4.78, 5) is 8.40. The third kappa shape index (κ3) is 2.57. The molecule has 0 spiro atoms. The van der Waals surface area contributed by atoms with Crippen molar-refractivity contribution in [3.05, 3.63) is 17.6 Å². The van der Waals surface area contributed by atoms with Crippen molar-refractivity contribution < 1.29 is 8.42 Å². The van der Waals surface area contributed by atoms with Crippen LogP contribution in [0.2, 0.25) is 0 Å². The summed E-state index contributed by atoms with van der Waals surface area (Å²) in [5.41, 5.74) is 0.879. The molecule has 1 aliphatic rings. The Morgan fingerprint density at radius 3 is 2.47 bits per heavy atom. The normalized spacial score (nSPS) is 17.8. The van der Waals surface area contributed by atoms with Gasteiger partial charge in [-0.15, -0.1) is 0 Å². The lowest BCUT2D eigenvalue weighted by atomic mass is 10.3. The fourth-order valence-electron chi connectivity index (χ4n) is 1.88. The average molecular weight is 255 g/mol. The molecular formula is C11H17N3O2S. The summed E-state index contributed by atoms with van der Waals surface area (Å²) in [6.45, 7) is 4.15. The SMILES string of the molecule is Cc1cc(NCC2(S(C)(=O)=O)CC2)nc(C)n1. The van der Waals surface area contributed by atoms with Gasteiger partial charge >= 0.3 is 0 Å². The maximum Gasteiger partial charge on any atom is 0.154 e. The van der Waals surface area contributed by atoms with Gasteiger partial charge in [0.2, 0.25) is 0 Å². The number of hydrogen-bond acceptors (Lipinski definition) is 5. The fraction of sp³-hybridized carbons (Fsp3) is 0.636. The average Bonchev–Trinajstić information content (AvgIpc) is 2.92. The summed E-state index contributed by atoms with van der Waals surface area (Å²) < 4.78 is 22.6. The van der Waals surface area contributed by atoms with Gasteiger partial charge in [0, 0.05) is 24.6 Å². The smallest absolute Gasteiger partial charge is 0.154 e. The van der Waals surface area contributed by atoms with E-state index in [1.165, 1.54) is 6.26 Å². The van der Waals surface area contributed by atoms with Gasteiger partial charge in [0.25, 0.3) is 0 Å². The zero-order valence-electron chi connectivity index (χ0n) is 10.3. The summed E-state index contributed by atoms with van der Waals surface area (Å²) >= 11 is 0. The zero-order chi connectivity index (χ0) is 12.7. The molecule has 0 amide bonds. The fourth-order valence-corrected chi connectivity index (χ4v) is 3.06. The van der Waals surface area contributed by atoms with Crippen molar-refractivity contribution in [1.29, 1.82) is 0 Å². The zero-order valence-corrected chi connectivity index (χ0v) is 11.1. The monoisotopic (exact) mass is 255 g/mol. The van der Waals surface area contributed by atoms with Crippen LogP contribution in [0, 0.1) is 13.8 Å². The number of anilines is 1. The van der Waals surface area contributed by atoms with Crippen molar-refractivity contribution in [2.75, 3.05) is 18.1 Å². The first-order valence-corrected chi connectivity index (χ1v) is 7.47. The lowest BCUT2D eigenvalue weighted by Crippen LogP contribution is -2.30. The van der Waals surface area contributed by atoms with Gasteiger partial charge in [-0.2, -0.15) is 0 Å². The van der Waals surface area contributed by atoms with E-state index in [4.69, 9.17) is 0 Å². The molecule has 1 saturated carbocycles. The molecule has 2 rings (SSSR count). The molecule has 1 aromatic rings. The molecule has 0 radical (unpaired) electrons. The van der Waals surface area contributed by atoms with Crippen molar-refractivity contribution >= 4 is 15.7 Å². The number of nitrogens with one attached hydrogen (secondary N) is 1. The van der Waals surface area contributed by atoms with Crippen LogP contribution in [0.5, 0.6) is 0 Å². The Morgan fingerprint density at radius 1 is 1.35 bits per heavy atom. The molecule has 5 nitrogen and oxygen atoms in total. The third-order valence-corrected chi connectivity index (χ3v) is 5.28. The van der Waals surface area contributed by atoms with Gasteiger partial charge in [-0.25, -0.2) is 18.4 Å². The minimum absolute atomic E-state index is 0.432. The third-order valence-electron chi connectivity index (χ3n) is 3.15. The molecule has 1 aromatic heterocycles. The van der Waals surface area contributed by atoms with Crippen LogP contribution in [-0.2, 0) is 9.84 Å². The Labute approximate surface area is 102 Å². The Morgan fingerprint density at radius 2 is 2.00 bits per heavy atom. The van der Waals surface area contributed by atoms with Crippen molar-refractivity contribution in [3.63, 3.8) is 0 Å². The highest BCUT2D eigenvalue weighted by molar-refractivity contribution is 7.92. The van der Waals surface area contributed by atoms with Crippen LogP contribution in [0.15, 0.2) is 6.07 Å². The topological polar surface area (TPSA) is 72.0 Å². The predicted molar refractivity (Wildman–Crippen MR) is 66.8 cm³/mol. The molecule has 1 heterocycles. The van der Waals surface area contributed by atoms with Gasteiger partial charge in [0.05, 0.1) is 4.75 Å². The van der Waals surface area contributed by atoms with E-state index in [0.29, 0.717) is 18.2 Å². The van der Waals surface area contributed by atoms with Gasteiger partial charge in [-0.1, -0.05) is 0 Å². The van der Waals surface area contributed by atoms with Crippen molar-refractivity contribution in [3.8, 4) is 0 Å². The molecule has 0 aliphatic heterocycles. The Hall–Kier alpha value is -1.17. The highest BCUT2D eigenvalue weighted by Crippen LogP contribution is 2.42. The number of aryl methyl sites for hydroxylation is 2. The first kappa shape index (κ1) is 12.3. The standard InChI is InChI=1S/C11H17N3O2S/c1-8-6-10(14-9(2)13-8)12-7-11(4-5-11)17(3,15)16/h6H,4-5,7H2,1-3H3,(H,12,13,14). The summed E-state index contributed by atoms with van der Waals surface area (Å²) in [5.74, 6) is 1.39. The number of hydrogen-bond donors (Lipinski definition) is 1.